The van der Waals surface area contributed by atoms with E-state index in [1.807, 2.05) is 18.2 Å². The second-order valence-corrected chi connectivity index (χ2v) is 11.4. The third-order valence-electron chi connectivity index (χ3n) is 8.75. The number of amides is 2. The summed E-state index contributed by atoms with van der Waals surface area (Å²) in [6.45, 7) is 1.74. The van der Waals surface area contributed by atoms with Gasteiger partial charge >= 0.3 is 5.69 Å². The third kappa shape index (κ3) is 4.69. The van der Waals surface area contributed by atoms with E-state index in [9.17, 15) is 19.2 Å². The number of nitrogens with zero attached hydrogens (tertiary/aromatic N) is 3. The second-order valence-electron chi connectivity index (χ2n) is 11.4. The molecule has 1 spiro atoms. The fourth-order valence-electron chi connectivity index (χ4n) is 6.68. The van der Waals surface area contributed by atoms with Gasteiger partial charge in [-0.1, -0.05) is 36.4 Å². The average Bonchev–Trinajstić information content (AvgIpc) is 3.54. The number of anilines is 1. The van der Waals surface area contributed by atoms with Gasteiger partial charge in [-0.2, -0.15) is 0 Å². The molecule has 2 aromatic carbocycles. The van der Waals surface area contributed by atoms with Crippen LogP contribution in [0.3, 0.4) is 0 Å². The molecule has 12 nitrogen and oxygen atoms in total. The molecule has 4 aromatic rings. The van der Waals surface area contributed by atoms with Crippen LogP contribution in [0.1, 0.15) is 41.3 Å². The lowest BCUT2D eigenvalue weighted by Crippen LogP contribution is -2.46. The number of aromatic nitrogens is 3. The Labute approximate surface area is 258 Å². The number of nitrogens with one attached hydrogen (secondary N) is 1. The van der Waals surface area contributed by atoms with Crippen molar-refractivity contribution in [3.63, 3.8) is 0 Å². The molecule has 232 valence electrons. The van der Waals surface area contributed by atoms with E-state index >= 15 is 0 Å². The lowest BCUT2D eigenvalue weighted by atomic mass is 9.79. The number of rotatable bonds is 9. The van der Waals surface area contributed by atoms with E-state index in [2.05, 4.69) is 10.3 Å². The molecule has 12 heteroatoms. The Balaban J connectivity index is 1.52. The minimum Gasteiger partial charge on any atom is -0.493 e. The van der Waals surface area contributed by atoms with Gasteiger partial charge in [0.1, 0.15) is 11.9 Å². The van der Waals surface area contributed by atoms with E-state index in [1.54, 1.807) is 43.5 Å². The maximum Gasteiger partial charge on any atom is 0.332 e. The number of fused-ring (bicyclic) bond motifs is 3. The molecular weight excluding hydrogens is 578 g/mol. The molecule has 1 aliphatic heterocycles. The first-order chi connectivity index (χ1) is 21.6. The summed E-state index contributed by atoms with van der Waals surface area (Å²) < 4.78 is 18.6. The highest BCUT2D eigenvalue weighted by Gasteiger charge is 2.51. The fourth-order valence-corrected chi connectivity index (χ4v) is 6.68. The van der Waals surface area contributed by atoms with Gasteiger partial charge in [-0.3, -0.25) is 23.5 Å². The Hall–Kier alpha value is -5.23. The lowest BCUT2D eigenvalue weighted by Gasteiger charge is -2.23. The van der Waals surface area contributed by atoms with Crippen LogP contribution in [0.2, 0.25) is 0 Å². The number of nitrogens with two attached hydrogens (primary N) is 1. The summed E-state index contributed by atoms with van der Waals surface area (Å²) in [5.74, 6) is 0.287. The van der Waals surface area contributed by atoms with E-state index in [-0.39, 0.29) is 23.8 Å². The van der Waals surface area contributed by atoms with Gasteiger partial charge in [-0.25, -0.2) is 9.78 Å². The van der Waals surface area contributed by atoms with E-state index in [0.717, 1.165) is 21.3 Å². The molecule has 0 fully saturated rings. The molecule has 2 aromatic heterocycles. The smallest absolute Gasteiger partial charge is 0.332 e. The average molecular weight is 612 g/mol. The van der Waals surface area contributed by atoms with Crippen molar-refractivity contribution in [2.24, 2.45) is 5.73 Å². The quantitative estimate of drug-likeness (QED) is 0.292. The normalized spacial score (nSPS) is 17.8. The van der Waals surface area contributed by atoms with Gasteiger partial charge in [-0.15, -0.1) is 0 Å². The molecule has 2 amide bonds. The van der Waals surface area contributed by atoms with E-state index in [0.29, 0.717) is 35.5 Å². The summed E-state index contributed by atoms with van der Waals surface area (Å²) in [7, 11) is 4.40. The minimum atomic E-state index is -1.28. The number of hydrogen-bond donors (Lipinski definition) is 2. The summed E-state index contributed by atoms with van der Waals surface area (Å²) in [5.41, 5.74) is 7.40. The molecule has 1 aliphatic carbocycles. The molecule has 45 heavy (non-hydrogen) atoms. The number of benzene rings is 2. The summed E-state index contributed by atoms with van der Waals surface area (Å²) in [6.07, 6.45) is 3.83. The summed E-state index contributed by atoms with van der Waals surface area (Å²) >= 11 is 0. The van der Waals surface area contributed by atoms with Gasteiger partial charge in [0.05, 0.1) is 37.8 Å². The predicted octanol–water partition coefficient (Wildman–Crippen LogP) is 2.36. The van der Waals surface area contributed by atoms with Crippen molar-refractivity contribution in [3.05, 3.63) is 104 Å². The first-order valence-corrected chi connectivity index (χ1v) is 14.4. The lowest BCUT2D eigenvalue weighted by molar-refractivity contribution is -0.121. The van der Waals surface area contributed by atoms with Gasteiger partial charge in [-0.05, 0) is 48.6 Å². The van der Waals surface area contributed by atoms with Crippen molar-refractivity contribution in [3.8, 4) is 22.6 Å². The molecule has 0 radical (unpaired) electrons. The van der Waals surface area contributed by atoms with Gasteiger partial charge in [0, 0.05) is 30.6 Å². The molecule has 3 atom stereocenters. The Bertz CT molecular complexity index is 1970. The number of carbonyl (C=O) groups is 2. The van der Waals surface area contributed by atoms with Crippen LogP contribution < -0.4 is 31.8 Å². The standard InChI is InChI=1S/C33H33N5O7/c1-18(17-43-2)38-30(40)23(22-7-5-9-25(44-3)27(22)45-4)16-37(32(38)42)26(28(34)39)19-10-11-20-14-33(15-21(20)13-19)24-8-6-12-35-29(24)36-31(33)41/h5-13,16,18,26H,14-15,17H2,1-4H3,(H2,34,39)(H,35,36,41)/t18-,26?,33-/m1/s1. The van der Waals surface area contributed by atoms with Crippen LogP contribution in [-0.4, -0.2) is 53.9 Å². The van der Waals surface area contributed by atoms with E-state index in [4.69, 9.17) is 19.9 Å². The highest BCUT2D eigenvalue weighted by molar-refractivity contribution is 6.06. The van der Waals surface area contributed by atoms with Crippen LogP contribution in [-0.2, 0) is 32.6 Å². The number of para-hydroxylation sites is 1. The van der Waals surface area contributed by atoms with Crippen molar-refractivity contribution in [1.82, 2.24) is 14.1 Å². The van der Waals surface area contributed by atoms with Crippen molar-refractivity contribution in [1.29, 1.82) is 0 Å². The van der Waals surface area contributed by atoms with Crippen molar-refractivity contribution in [2.75, 3.05) is 33.3 Å². The van der Waals surface area contributed by atoms with Gasteiger partial charge in [0.2, 0.25) is 11.8 Å². The Kier molecular flexibility index (Phi) is 7.53. The number of carbonyl (C=O) groups excluding carboxylic acids is 2. The zero-order valence-electron chi connectivity index (χ0n) is 25.3. The highest BCUT2D eigenvalue weighted by atomic mass is 16.5. The van der Waals surface area contributed by atoms with Crippen molar-refractivity contribution in [2.45, 2.75) is 37.3 Å². The highest BCUT2D eigenvalue weighted by Crippen LogP contribution is 2.47. The molecule has 6 rings (SSSR count). The Morgan fingerprint density at radius 1 is 1.02 bits per heavy atom. The number of ether oxygens (including phenoxy) is 3. The second kappa shape index (κ2) is 11.4. The molecule has 3 heterocycles. The van der Waals surface area contributed by atoms with E-state index < -0.39 is 34.7 Å². The molecule has 0 saturated heterocycles. The van der Waals surface area contributed by atoms with Crippen molar-refractivity contribution >= 4 is 17.6 Å². The summed E-state index contributed by atoms with van der Waals surface area (Å²) in [5, 5.41) is 2.89. The SMILES string of the molecule is COC[C@@H](C)n1c(=O)c(-c2cccc(OC)c2OC)cn(C(C(N)=O)c2ccc3c(c2)C[C@@]2(C3)C(=O)Nc3ncccc32)c1=O. The number of pyridine rings is 1. The van der Waals surface area contributed by atoms with Crippen LogP contribution >= 0.6 is 0 Å². The molecule has 0 bridgehead atoms. The predicted molar refractivity (Wildman–Crippen MR) is 166 cm³/mol. The molecule has 2 aliphatic rings. The molecular formula is C33H33N5O7. The summed E-state index contributed by atoms with van der Waals surface area (Å²) in [6, 6.07) is 12.2. The van der Waals surface area contributed by atoms with Crippen LogP contribution in [0.5, 0.6) is 11.5 Å². The zero-order chi connectivity index (χ0) is 32.0. The fraction of sp³-hybridized carbons (Fsp3) is 0.303. The van der Waals surface area contributed by atoms with Crippen LogP contribution in [0.15, 0.2) is 70.5 Å². The third-order valence-corrected chi connectivity index (χ3v) is 8.75. The van der Waals surface area contributed by atoms with Gasteiger partial charge < -0.3 is 25.3 Å². The van der Waals surface area contributed by atoms with Gasteiger partial charge in [0.25, 0.3) is 5.56 Å². The molecule has 3 N–H and O–H groups in total. The van der Waals surface area contributed by atoms with Crippen molar-refractivity contribution < 1.29 is 23.8 Å². The first-order valence-electron chi connectivity index (χ1n) is 14.4. The van der Waals surface area contributed by atoms with Crippen LogP contribution in [0, 0.1) is 0 Å². The number of primary amides is 1. The maximum absolute atomic E-state index is 14.1. The minimum absolute atomic E-state index is 0.0639. The largest absolute Gasteiger partial charge is 0.493 e. The van der Waals surface area contributed by atoms with E-state index in [1.165, 1.54) is 32.1 Å². The topological polar surface area (TPSA) is 157 Å². The monoisotopic (exact) mass is 611 g/mol. The zero-order valence-corrected chi connectivity index (χ0v) is 25.3. The number of methoxy groups -OCH3 is 3. The number of hydrogen-bond acceptors (Lipinski definition) is 8. The molecule has 0 saturated carbocycles. The van der Waals surface area contributed by atoms with Crippen LogP contribution in [0.4, 0.5) is 5.82 Å². The molecule has 1 unspecified atom stereocenters. The maximum atomic E-state index is 14.1. The summed E-state index contributed by atoms with van der Waals surface area (Å²) in [4.78, 5) is 58.8. The Morgan fingerprint density at radius 3 is 2.51 bits per heavy atom. The Morgan fingerprint density at radius 2 is 1.80 bits per heavy atom. The first kappa shape index (κ1) is 29.8. The van der Waals surface area contributed by atoms with Gasteiger partial charge in [0.15, 0.2) is 11.5 Å². The van der Waals surface area contributed by atoms with Crippen LogP contribution in [0.25, 0.3) is 11.1 Å².